The first kappa shape index (κ1) is 36.8. The quantitative estimate of drug-likeness (QED) is 0.167. The van der Waals surface area contributed by atoms with Gasteiger partial charge in [0, 0.05) is 6.42 Å². The molecule has 9 nitrogen and oxygen atoms in total. The Bertz CT molecular complexity index is 1410. The lowest BCUT2D eigenvalue weighted by molar-refractivity contribution is -0.149. The predicted octanol–water partition coefficient (Wildman–Crippen LogP) is 5.90. The number of nitrogens with one attached hydrogen (secondary N) is 3. The fourth-order valence-electron chi connectivity index (χ4n) is 4.86. The van der Waals surface area contributed by atoms with E-state index in [1.807, 2.05) is 105 Å². The van der Waals surface area contributed by atoms with Gasteiger partial charge in [0.2, 0.25) is 11.8 Å². The van der Waals surface area contributed by atoms with Gasteiger partial charge in [0.1, 0.15) is 30.3 Å². The lowest BCUT2D eigenvalue weighted by Crippen LogP contribution is -2.56. The maximum Gasteiger partial charge on any atom is 0.408 e. The van der Waals surface area contributed by atoms with E-state index in [1.165, 1.54) is 0 Å². The van der Waals surface area contributed by atoms with Gasteiger partial charge >= 0.3 is 12.1 Å². The Morgan fingerprint density at radius 2 is 1.11 bits per heavy atom. The monoisotopic (exact) mass is 643 g/mol. The maximum atomic E-state index is 13.8. The summed E-state index contributed by atoms with van der Waals surface area (Å²) in [6.07, 6.45) is 1.28. The second-order valence-corrected chi connectivity index (χ2v) is 13.1. The fourth-order valence-corrected chi connectivity index (χ4v) is 4.86. The lowest BCUT2D eigenvalue weighted by atomic mass is 10.00. The Kier molecular flexibility index (Phi) is 14.5. The molecular weight excluding hydrogens is 594 g/mol. The SMILES string of the molecule is CC(C)CC[C@H](NC(=O)[C@H](CCc1ccccc1)NC(=O)OC(C)(C)C)C(=O)N[C@@H](Cc1ccccc1)C(=O)OCc1ccccc1. The standard InChI is InChI=1S/C38H49N3O6/c1-27(2)21-23-31(39-35(43)32(41-37(45)47-38(3,4)5)24-22-28-15-9-6-10-16-28)34(42)40-33(25-29-17-11-7-12-18-29)36(44)46-26-30-19-13-8-14-20-30/h6-20,27,31-33H,21-26H2,1-5H3,(H,39,43)(H,40,42)(H,41,45)/t31-,32-,33-/m0/s1. The van der Waals surface area contributed by atoms with Crippen molar-refractivity contribution in [2.45, 2.75) is 97.1 Å². The zero-order chi connectivity index (χ0) is 34.2. The topological polar surface area (TPSA) is 123 Å². The molecule has 0 heterocycles. The van der Waals surface area contributed by atoms with Crippen LogP contribution in [0.2, 0.25) is 0 Å². The number of alkyl carbamates (subject to hydrolysis) is 1. The first-order chi connectivity index (χ1) is 22.4. The van der Waals surface area contributed by atoms with Crippen LogP contribution in [0.1, 0.15) is 70.6 Å². The van der Waals surface area contributed by atoms with Gasteiger partial charge in [-0.05, 0) is 69.1 Å². The van der Waals surface area contributed by atoms with E-state index in [4.69, 9.17) is 9.47 Å². The van der Waals surface area contributed by atoms with Crippen molar-refractivity contribution in [3.63, 3.8) is 0 Å². The molecule has 0 aliphatic carbocycles. The Hall–Kier alpha value is -4.66. The molecule has 0 aromatic heterocycles. The van der Waals surface area contributed by atoms with Crippen molar-refractivity contribution in [1.29, 1.82) is 0 Å². The summed E-state index contributed by atoms with van der Waals surface area (Å²) in [5, 5.41) is 8.43. The van der Waals surface area contributed by atoms with Crippen molar-refractivity contribution >= 4 is 23.9 Å². The summed E-state index contributed by atoms with van der Waals surface area (Å²) in [4.78, 5) is 53.7. The van der Waals surface area contributed by atoms with Gasteiger partial charge in [-0.1, -0.05) is 105 Å². The number of amides is 3. The molecule has 3 N–H and O–H groups in total. The molecule has 9 heteroatoms. The van der Waals surface area contributed by atoms with Crippen molar-refractivity contribution in [1.82, 2.24) is 16.0 Å². The van der Waals surface area contributed by atoms with Crippen molar-refractivity contribution in [2.24, 2.45) is 5.92 Å². The largest absolute Gasteiger partial charge is 0.459 e. The van der Waals surface area contributed by atoms with Crippen molar-refractivity contribution in [3.05, 3.63) is 108 Å². The molecule has 3 rings (SSSR count). The van der Waals surface area contributed by atoms with E-state index >= 15 is 0 Å². The zero-order valence-corrected chi connectivity index (χ0v) is 28.2. The summed E-state index contributed by atoms with van der Waals surface area (Å²) in [7, 11) is 0. The van der Waals surface area contributed by atoms with E-state index in [9.17, 15) is 19.2 Å². The number of aryl methyl sites for hydroxylation is 1. The first-order valence-electron chi connectivity index (χ1n) is 16.3. The summed E-state index contributed by atoms with van der Waals surface area (Å²) >= 11 is 0. The minimum Gasteiger partial charge on any atom is -0.459 e. The third-order valence-corrected chi connectivity index (χ3v) is 7.35. The Morgan fingerprint density at radius 3 is 1.64 bits per heavy atom. The number of hydrogen-bond donors (Lipinski definition) is 3. The number of esters is 1. The molecule has 252 valence electrons. The summed E-state index contributed by atoms with van der Waals surface area (Å²) < 4.78 is 11.0. The molecule has 3 amide bonds. The van der Waals surface area contributed by atoms with Crippen LogP contribution in [0.15, 0.2) is 91.0 Å². The van der Waals surface area contributed by atoms with Gasteiger partial charge in [0.25, 0.3) is 0 Å². The van der Waals surface area contributed by atoms with E-state index in [2.05, 4.69) is 16.0 Å². The highest BCUT2D eigenvalue weighted by Crippen LogP contribution is 2.13. The Balaban J connectivity index is 1.79. The molecule has 3 aromatic carbocycles. The second kappa shape index (κ2) is 18.5. The van der Waals surface area contributed by atoms with Crippen LogP contribution in [0, 0.1) is 5.92 Å². The summed E-state index contributed by atoms with van der Waals surface area (Å²) in [5.74, 6) is -1.34. The fraction of sp³-hybridized carbons (Fsp3) is 0.421. The molecule has 3 atom stereocenters. The van der Waals surface area contributed by atoms with Crippen LogP contribution in [-0.4, -0.2) is 47.6 Å². The minimum absolute atomic E-state index is 0.0633. The molecular formula is C38H49N3O6. The van der Waals surface area contributed by atoms with Crippen molar-refractivity contribution in [2.75, 3.05) is 0 Å². The minimum atomic E-state index is -0.985. The third kappa shape index (κ3) is 14.1. The molecule has 0 aliphatic rings. The number of benzene rings is 3. The van der Waals surface area contributed by atoms with Crippen LogP contribution < -0.4 is 16.0 Å². The van der Waals surface area contributed by atoms with Crippen molar-refractivity contribution < 1.29 is 28.7 Å². The molecule has 47 heavy (non-hydrogen) atoms. The summed E-state index contributed by atoms with van der Waals surface area (Å²) in [6, 6.07) is 25.4. The van der Waals surface area contributed by atoms with Gasteiger partial charge in [0.15, 0.2) is 0 Å². The van der Waals surface area contributed by atoms with Crippen LogP contribution >= 0.6 is 0 Å². The Morgan fingerprint density at radius 1 is 0.617 bits per heavy atom. The third-order valence-electron chi connectivity index (χ3n) is 7.35. The normalized spacial score (nSPS) is 13.1. The molecule has 0 spiro atoms. The van der Waals surface area contributed by atoms with Gasteiger partial charge in [-0.3, -0.25) is 9.59 Å². The van der Waals surface area contributed by atoms with Gasteiger partial charge in [-0.15, -0.1) is 0 Å². The molecule has 3 aromatic rings. The number of ether oxygens (including phenoxy) is 2. The second-order valence-electron chi connectivity index (χ2n) is 13.1. The number of rotatable bonds is 16. The lowest BCUT2D eigenvalue weighted by Gasteiger charge is -2.26. The van der Waals surface area contributed by atoms with Crippen LogP contribution in [0.5, 0.6) is 0 Å². The van der Waals surface area contributed by atoms with E-state index in [-0.39, 0.29) is 25.4 Å². The van der Waals surface area contributed by atoms with E-state index < -0.39 is 47.6 Å². The predicted molar refractivity (Wildman–Crippen MR) is 182 cm³/mol. The van der Waals surface area contributed by atoms with Crippen LogP contribution in [-0.2, 0) is 43.3 Å². The van der Waals surface area contributed by atoms with Gasteiger partial charge in [-0.25, -0.2) is 9.59 Å². The van der Waals surface area contributed by atoms with Crippen LogP contribution in [0.25, 0.3) is 0 Å². The van der Waals surface area contributed by atoms with Gasteiger partial charge in [-0.2, -0.15) is 0 Å². The van der Waals surface area contributed by atoms with Crippen LogP contribution in [0.4, 0.5) is 4.79 Å². The van der Waals surface area contributed by atoms with Crippen molar-refractivity contribution in [3.8, 4) is 0 Å². The molecule has 0 saturated carbocycles. The molecule has 0 fully saturated rings. The number of hydrogen-bond acceptors (Lipinski definition) is 6. The average molecular weight is 644 g/mol. The summed E-state index contributed by atoms with van der Waals surface area (Å²) in [6.45, 7) is 9.36. The maximum absolute atomic E-state index is 13.8. The molecule has 0 aliphatic heterocycles. The van der Waals surface area contributed by atoms with Gasteiger partial charge < -0.3 is 25.4 Å². The first-order valence-corrected chi connectivity index (χ1v) is 16.3. The molecule has 0 radical (unpaired) electrons. The summed E-state index contributed by atoms with van der Waals surface area (Å²) in [5.41, 5.74) is 1.92. The smallest absolute Gasteiger partial charge is 0.408 e. The Labute approximate surface area is 278 Å². The van der Waals surface area contributed by atoms with Crippen LogP contribution in [0.3, 0.4) is 0 Å². The molecule has 0 unspecified atom stereocenters. The highest BCUT2D eigenvalue weighted by Gasteiger charge is 2.31. The molecule has 0 bridgehead atoms. The van der Waals surface area contributed by atoms with Gasteiger partial charge in [0.05, 0.1) is 0 Å². The molecule has 0 saturated heterocycles. The average Bonchev–Trinajstić information content (AvgIpc) is 3.03. The number of carbonyl (C=O) groups excluding carboxylic acids is 4. The zero-order valence-electron chi connectivity index (χ0n) is 28.2. The number of carbonyl (C=O) groups is 4. The van der Waals surface area contributed by atoms with E-state index in [0.717, 1.165) is 16.7 Å². The highest BCUT2D eigenvalue weighted by atomic mass is 16.6. The van der Waals surface area contributed by atoms with E-state index in [0.29, 0.717) is 19.3 Å². The highest BCUT2D eigenvalue weighted by molar-refractivity contribution is 5.93. The van der Waals surface area contributed by atoms with E-state index in [1.54, 1.807) is 20.8 Å².